The van der Waals surface area contributed by atoms with Gasteiger partial charge in [0.15, 0.2) is 4.34 Å². The maximum Gasteiger partial charge on any atom is 0.409 e. The number of hydrogen-bond donors (Lipinski definition) is 2. The largest absolute Gasteiger partial charge is 0.409 e. The molecule has 2 heterocycles. The van der Waals surface area contributed by atoms with E-state index in [0.717, 1.165) is 23.1 Å². The summed E-state index contributed by atoms with van der Waals surface area (Å²) in [4.78, 5) is 25.1. The van der Waals surface area contributed by atoms with Gasteiger partial charge in [0.1, 0.15) is 6.04 Å². The summed E-state index contributed by atoms with van der Waals surface area (Å²) in [6.07, 6.45) is -5.64. The van der Waals surface area contributed by atoms with Gasteiger partial charge in [0.25, 0.3) is 0 Å². The molecule has 1 aromatic carbocycles. The van der Waals surface area contributed by atoms with Crippen LogP contribution in [0, 0.1) is 0 Å². The molecule has 26 heavy (non-hydrogen) atoms. The number of aromatic nitrogens is 2. The molecule has 0 bridgehead atoms. The molecule has 1 aromatic heterocycles. The second-order valence-corrected chi connectivity index (χ2v) is 7.52. The quantitative estimate of drug-likeness (QED) is 0.764. The highest BCUT2D eigenvalue weighted by Gasteiger charge is 2.48. The van der Waals surface area contributed by atoms with Crippen LogP contribution in [0.1, 0.15) is 6.42 Å². The average molecular weight is 403 g/mol. The van der Waals surface area contributed by atoms with Crippen molar-refractivity contribution in [1.82, 2.24) is 10.2 Å². The van der Waals surface area contributed by atoms with Crippen LogP contribution in [0.5, 0.6) is 0 Å². The number of fused-ring (bicyclic) bond motifs is 1. The van der Waals surface area contributed by atoms with Crippen molar-refractivity contribution >= 4 is 51.4 Å². The summed E-state index contributed by atoms with van der Waals surface area (Å²) in [6, 6.07) is 3.63. The number of nitrogens with zero attached hydrogens (tertiary/aromatic N) is 3. The molecule has 0 aliphatic carbocycles. The normalized spacial score (nSPS) is 17.4. The third-order valence-electron chi connectivity index (χ3n) is 3.52. The van der Waals surface area contributed by atoms with Crippen LogP contribution in [0.25, 0.3) is 0 Å². The number of carbonyl (C=O) groups is 2. The third kappa shape index (κ3) is 3.90. The number of halogens is 3. The Morgan fingerprint density at radius 2 is 2.12 bits per heavy atom. The first kappa shape index (κ1) is 18.5. The van der Waals surface area contributed by atoms with E-state index in [0.29, 0.717) is 9.24 Å². The number of rotatable bonds is 3. The molecule has 3 N–H and O–H groups in total. The number of thioether (sulfide) groups is 1. The first-order chi connectivity index (χ1) is 12.3. The molecule has 1 atom stereocenters. The first-order valence-electron chi connectivity index (χ1n) is 7.25. The molecule has 1 aliphatic rings. The molecule has 0 saturated carbocycles. The predicted molar refractivity (Wildman–Crippen MR) is 92.1 cm³/mol. The molecule has 1 aliphatic heterocycles. The van der Waals surface area contributed by atoms with Crippen molar-refractivity contribution in [2.45, 2.75) is 23.0 Å². The lowest BCUT2D eigenvalue weighted by molar-refractivity contribution is -0.157. The molecule has 3 rings (SSSR count). The van der Waals surface area contributed by atoms with Crippen LogP contribution in [0.4, 0.5) is 29.7 Å². The maximum atomic E-state index is 13.5. The Labute approximate surface area is 153 Å². The highest BCUT2D eigenvalue weighted by Crippen LogP contribution is 2.38. The highest BCUT2D eigenvalue weighted by molar-refractivity contribution is 8.01. The molecule has 0 fully saturated rings. The lowest BCUT2D eigenvalue weighted by atomic mass is 10.1. The molecule has 2 amide bonds. The van der Waals surface area contributed by atoms with Crippen LogP contribution in [0.15, 0.2) is 28.6 Å². The van der Waals surface area contributed by atoms with Crippen molar-refractivity contribution in [2.75, 3.05) is 21.7 Å². The summed E-state index contributed by atoms with van der Waals surface area (Å²) in [5.74, 6) is -1.90. The van der Waals surface area contributed by atoms with Crippen molar-refractivity contribution in [2.24, 2.45) is 0 Å². The smallest absolute Gasteiger partial charge is 0.374 e. The van der Waals surface area contributed by atoms with Crippen LogP contribution in [-0.4, -0.2) is 40.0 Å². The molecular weight excluding hydrogens is 391 g/mol. The van der Waals surface area contributed by atoms with Crippen LogP contribution >= 0.6 is 23.1 Å². The summed E-state index contributed by atoms with van der Waals surface area (Å²) in [6.45, 7) is 0. The topological polar surface area (TPSA) is 101 Å². The van der Waals surface area contributed by atoms with Crippen LogP contribution in [-0.2, 0) is 9.59 Å². The zero-order valence-corrected chi connectivity index (χ0v) is 14.6. The van der Waals surface area contributed by atoms with Crippen LogP contribution in [0.2, 0.25) is 0 Å². The molecule has 0 saturated heterocycles. The fourth-order valence-electron chi connectivity index (χ4n) is 2.47. The maximum absolute atomic E-state index is 13.5. The number of benzene rings is 1. The number of nitrogens with one attached hydrogen (secondary N) is 1. The number of anilines is 3. The summed E-state index contributed by atoms with van der Waals surface area (Å²) in [5.41, 5.74) is 5.61. The molecule has 2 aromatic rings. The Balaban J connectivity index is 1.93. The minimum absolute atomic E-state index is 0.00283. The molecule has 12 heteroatoms. The fraction of sp³-hybridized carbons (Fsp3) is 0.286. The Morgan fingerprint density at radius 3 is 2.77 bits per heavy atom. The first-order valence-corrected chi connectivity index (χ1v) is 9.05. The summed E-state index contributed by atoms with van der Waals surface area (Å²) in [7, 11) is 0. The summed E-state index contributed by atoms with van der Waals surface area (Å²) < 4.78 is 41.0. The van der Waals surface area contributed by atoms with Crippen LogP contribution < -0.4 is 16.0 Å². The van der Waals surface area contributed by atoms with Gasteiger partial charge in [-0.1, -0.05) is 35.2 Å². The summed E-state index contributed by atoms with van der Waals surface area (Å²) in [5, 5.41) is 9.92. The fourth-order valence-corrected chi connectivity index (χ4v) is 3.96. The Morgan fingerprint density at radius 1 is 1.38 bits per heavy atom. The Kier molecular flexibility index (Phi) is 5.05. The minimum atomic E-state index is -4.76. The van der Waals surface area contributed by atoms with Gasteiger partial charge in [-0.2, -0.15) is 13.2 Å². The van der Waals surface area contributed by atoms with E-state index < -0.39 is 30.5 Å². The van der Waals surface area contributed by atoms with Crippen molar-refractivity contribution in [3.05, 3.63) is 24.3 Å². The monoisotopic (exact) mass is 403 g/mol. The van der Waals surface area contributed by atoms with E-state index in [-0.39, 0.29) is 22.3 Å². The van der Waals surface area contributed by atoms with E-state index >= 15 is 0 Å². The van der Waals surface area contributed by atoms with Gasteiger partial charge in [-0.05, 0) is 12.1 Å². The zero-order chi connectivity index (χ0) is 18.9. The van der Waals surface area contributed by atoms with Gasteiger partial charge in [-0.25, -0.2) is 0 Å². The SMILES string of the molecule is Nc1nnc(SCC(=O)N2c3ccccc3NC(=O)C[C@H]2C(F)(F)F)s1. The van der Waals surface area contributed by atoms with Gasteiger partial charge in [0.05, 0.1) is 23.5 Å². The number of alkyl halides is 3. The summed E-state index contributed by atoms with van der Waals surface area (Å²) >= 11 is 1.97. The van der Waals surface area contributed by atoms with E-state index in [9.17, 15) is 22.8 Å². The third-order valence-corrected chi connectivity index (χ3v) is 5.39. The van der Waals surface area contributed by atoms with E-state index in [1.165, 1.54) is 18.2 Å². The van der Waals surface area contributed by atoms with E-state index in [2.05, 4.69) is 15.5 Å². The van der Waals surface area contributed by atoms with Gasteiger partial charge < -0.3 is 11.1 Å². The lowest BCUT2D eigenvalue weighted by Crippen LogP contribution is -2.50. The van der Waals surface area contributed by atoms with E-state index in [1.807, 2.05) is 0 Å². The minimum Gasteiger partial charge on any atom is -0.374 e. The number of amides is 2. The lowest BCUT2D eigenvalue weighted by Gasteiger charge is -2.31. The number of hydrogen-bond acceptors (Lipinski definition) is 7. The Bertz CT molecular complexity index is 842. The van der Waals surface area contributed by atoms with Gasteiger partial charge in [-0.3, -0.25) is 14.5 Å². The van der Waals surface area contributed by atoms with Crippen molar-refractivity contribution in [3.8, 4) is 0 Å². The number of nitrogens with two attached hydrogens (primary N) is 1. The molecule has 0 spiro atoms. The predicted octanol–water partition coefficient (Wildman–Crippen LogP) is 2.52. The van der Waals surface area contributed by atoms with E-state index in [4.69, 9.17) is 5.73 Å². The Hall–Kier alpha value is -2.34. The zero-order valence-electron chi connectivity index (χ0n) is 13.0. The number of nitrogen functional groups attached to an aromatic ring is 1. The van der Waals surface area contributed by atoms with Gasteiger partial charge in [0.2, 0.25) is 16.9 Å². The van der Waals surface area contributed by atoms with Gasteiger partial charge in [0, 0.05) is 0 Å². The molecule has 0 radical (unpaired) electrons. The molecule has 138 valence electrons. The van der Waals surface area contributed by atoms with Crippen molar-refractivity contribution in [3.63, 3.8) is 0 Å². The van der Waals surface area contributed by atoms with Gasteiger partial charge in [-0.15, -0.1) is 10.2 Å². The second-order valence-electron chi connectivity index (χ2n) is 5.29. The molecule has 7 nitrogen and oxygen atoms in total. The number of carbonyl (C=O) groups excluding carboxylic acids is 2. The van der Waals surface area contributed by atoms with Crippen molar-refractivity contribution in [1.29, 1.82) is 0 Å². The van der Waals surface area contributed by atoms with Crippen molar-refractivity contribution < 1.29 is 22.8 Å². The van der Waals surface area contributed by atoms with Crippen LogP contribution in [0.3, 0.4) is 0 Å². The van der Waals surface area contributed by atoms with Gasteiger partial charge >= 0.3 is 6.18 Å². The van der Waals surface area contributed by atoms with E-state index in [1.54, 1.807) is 6.07 Å². The molecule has 0 unspecified atom stereocenters. The highest BCUT2D eigenvalue weighted by atomic mass is 32.2. The standard InChI is InChI=1S/C14H12F3N5O2S2/c15-14(16,17)9-5-10(23)19-7-3-1-2-4-8(7)22(9)11(24)6-25-13-21-20-12(18)26-13/h1-4,9H,5-6H2,(H2,18,20)(H,19,23)/t9-/m0/s1. The second kappa shape index (κ2) is 7.11. The average Bonchev–Trinajstić information content (AvgIpc) is 2.90. The number of para-hydroxylation sites is 2. The molecular formula is C14H12F3N5O2S2.